The van der Waals surface area contributed by atoms with E-state index in [0.717, 1.165) is 17.7 Å². The van der Waals surface area contributed by atoms with Gasteiger partial charge in [0.1, 0.15) is 5.82 Å². The van der Waals surface area contributed by atoms with E-state index in [-0.39, 0.29) is 11.8 Å². The van der Waals surface area contributed by atoms with Crippen molar-refractivity contribution in [3.63, 3.8) is 0 Å². The van der Waals surface area contributed by atoms with Crippen molar-refractivity contribution in [2.24, 2.45) is 0 Å². The first-order valence-corrected chi connectivity index (χ1v) is 9.10. The van der Waals surface area contributed by atoms with Gasteiger partial charge in [0.05, 0.1) is 11.6 Å². The summed E-state index contributed by atoms with van der Waals surface area (Å²) in [4.78, 5) is 12.4. The second-order valence-corrected chi connectivity index (χ2v) is 6.27. The Balaban J connectivity index is 1.46. The molecular weight excluding hydrogens is 340 g/mol. The quantitative estimate of drug-likeness (QED) is 0.600. The standard InChI is InChI=1S/C20H24N6O/c1-3-17(16-7-5-4-6-8-16)20(27)22-13-12-21-18-9-10-19(24-23-18)26-14-11-15(2)25-26/h4-11,14,17H,3,12-13H2,1-2H3,(H,21,23)(H,22,27). The van der Waals surface area contributed by atoms with E-state index in [4.69, 9.17) is 0 Å². The molecule has 1 unspecified atom stereocenters. The van der Waals surface area contributed by atoms with Crippen LogP contribution in [0, 0.1) is 6.92 Å². The summed E-state index contributed by atoms with van der Waals surface area (Å²) < 4.78 is 1.68. The van der Waals surface area contributed by atoms with Crippen molar-refractivity contribution >= 4 is 11.7 Å². The van der Waals surface area contributed by atoms with Gasteiger partial charge in [0.25, 0.3) is 0 Å². The third-order valence-corrected chi connectivity index (χ3v) is 4.26. The lowest BCUT2D eigenvalue weighted by molar-refractivity contribution is -0.122. The Labute approximate surface area is 158 Å². The molecule has 1 aromatic carbocycles. The van der Waals surface area contributed by atoms with Crippen LogP contribution in [0.25, 0.3) is 5.82 Å². The summed E-state index contributed by atoms with van der Waals surface area (Å²) >= 11 is 0. The number of anilines is 1. The van der Waals surface area contributed by atoms with Crippen molar-refractivity contribution < 1.29 is 4.79 Å². The number of hydrogen-bond acceptors (Lipinski definition) is 5. The van der Waals surface area contributed by atoms with Crippen LogP contribution in [-0.2, 0) is 4.79 Å². The van der Waals surface area contributed by atoms with Gasteiger partial charge in [-0.3, -0.25) is 4.79 Å². The van der Waals surface area contributed by atoms with Gasteiger partial charge >= 0.3 is 0 Å². The van der Waals surface area contributed by atoms with E-state index in [1.807, 2.05) is 68.6 Å². The van der Waals surface area contributed by atoms with Gasteiger partial charge in [-0.1, -0.05) is 37.3 Å². The lowest BCUT2D eigenvalue weighted by Crippen LogP contribution is -2.33. The number of carbonyl (C=O) groups is 1. The zero-order chi connectivity index (χ0) is 19.1. The van der Waals surface area contributed by atoms with Gasteiger partial charge in [0.15, 0.2) is 5.82 Å². The van der Waals surface area contributed by atoms with Crippen molar-refractivity contribution in [1.29, 1.82) is 0 Å². The lowest BCUT2D eigenvalue weighted by Gasteiger charge is -2.15. The summed E-state index contributed by atoms with van der Waals surface area (Å²) in [7, 11) is 0. The Morgan fingerprint density at radius 2 is 1.89 bits per heavy atom. The third-order valence-electron chi connectivity index (χ3n) is 4.26. The molecule has 3 rings (SSSR count). The van der Waals surface area contributed by atoms with Crippen LogP contribution in [0.15, 0.2) is 54.7 Å². The van der Waals surface area contributed by atoms with E-state index in [9.17, 15) is 4.79 Å². The fourth-order valence-electron chi connectivity index (χ4n) is 2.84. The van der Waals surface area contributed by atoms with Crippen LogP contribution in [0.3, 0.4) is 0 Å². The van der Waals surface area contributed by atoms with Crippen LogP contribution >= 0.6 is 0 Å². The number of nitrogens with zero attached hydrogens (tertiary/aromatic N) is 4. The Bertz CT molecular complexity index is 860. The molecule has 27 heavy (non-hydrogen) atoms. The van der Waals surface area contributed by atoms with Gasteiger partial charge < -0.3 is 10.6 Å². The zero-order valence-electron chi connectivity index (χ0n) is 15.6. The molecule has 3 aromatic rings. The maximum Gasteiger partial charge on any atom is 0.227 e. The molecule has 0 bridgehead atoms. The van der Waals surface area contributed by atoms with Gasteiger partial charge in [-0.05, 0) is 37.1 Å². The smallest absolute Gasteiger partial charge is 0.227 e. The van der Waals surface area contributed by atoms with Crippen LogP contribution in [0.4, 0.5) is 5.82 Å². The first-order chi connectivity index (χ1) is 13.2. The van der Waals surface area contributed by atoms with E-state index < -0.39 is 0 Å². The summed E-state index contributed by atoms with van der Waals surface area (Å²) in [6.07, 6.45) is 2.61. The van der Waals surface area contributed by atoms with Crippen molar-refractivity contribution in [3.8, 4) is 5.82 Å². The van der Waals surface area contributed by atoms with Crippen molar-refractivity contribution in [1.82, 2.24) is 25.3 Å². The molecule has 0 saturated carbocycles. The number of nitrogens with one attached hydrogen (secondary N) is 2. The molecule has 1 atom stereocenters. The molecular formula is C20H24N6O. The molecule has 0 aliphatic carbocycles. The van der Waals surface area contributed by atoms with Crippen molar-refractivity contribution in [2.45, 2.75) is 26.2 Å². The van der Waals surface area contributed by atoms with E-state index in [0.29, 0.717) is 24.7 Å². The number of amides is 1. The number of hydrogen-bond donors (Lipinski definition) is 2. The number of carbonyl (C=O) groups excluding carboxylic acids is 1. The number of aromatic nitrogens is 4. The Hall–Kier alpha value is -3.22. The Kier molecular flexibility index (Phi) is 6.14. The first kappa shape index (κ1) is 18.6. The minimum atomic E-state index is -0.122. The Morgan fingerprint density at radius 3 is 2.52 bits per heavy atom. The highest BCUT2D eigenvalue weighted by Gasteiger charge is 2.17. The molecule has 7 heteroatoms. The Morgan fingerprint density at radius 1 is 1.07 bits per heavy atom. The van der Waals surface area contributed by atoms with Crippen molar-refractivity contribution in [3.05, 3.63) is 66.0 Å². The average Bonchev–Trinajstić information content (AvgIpc) is 3.13. The minimum absolute atomic E-state index is 0.0426. The van der Waals surface area contributed by atoms with Crippen LogP contribution in [0.2, 0.25) is 0 Å². The van der Waals surface area contributed by atoms with Gasteiger partial charge in [-0.2, -0.15) is 5.10 Å². The molecule has 0 saturated heterocycles. The molecule has 2 aromatic heterocycles. The van der Waals surface area contributed by atoms with Crippen LogP contribution in [0.5, 0.6) is 0 Å². The second-order valence-electron chi connectivity index (χ2n) is 6.27. The maximum absolute atomic E-state index is 12.4. The molecule has 140 valence electrons. The predicted octanol–water partition coefficient (Wildman–Crippen LogP) is 2.69. The van der Waals surface area contributed by atoms with Gasteiger partial charge in [-0.25, -0.2) is 4.68 Å². The van der Waals surface area contributed by atoms with Crippen LogP contribution in [-0.4, -0.2) is 39.0 Å². The zero-order valence-corrected chi connectivity index (χ0v) is 15.6. The summed E-state index contributed by atoms with van der Waals surface area (Å²) in [6, 6.07) is 15.5. The molecule has 2 heterocycles. The van der Waals surface area contributed by atoms with Crippen molar-refractivity contribution in [2.75, 3.05) is 18.4 Å². The molecule has 0 radical (unpaired) electrons. The molecule has 1 amide bonds. The van der Waals surface area contributed by atoms with Crippen LogP contribution in [0.1, 0.15) is 30.5 Å². The molecule has 0 aliphatic heterocycles. The highest BCUT2D eigenvalue weighted by molar-refractivity contribution is 5.83. The topological polar surface area (TPSA) is 84.7 Å². The SMILES string of the molecule is CCC(C(=O)NCCNc1ccc(-n2ccc(C)n2)nn1)c1ccccc1. The monoisotopic (exact) mass is 364 g/mol. The summed E-state index contributed by atoms with van der Waals surface area (Å²) in [6.45, 7) is 5.04. The first-order valence-electron chi connectivity index (χ1n) is 9.10. The fourth-order valence-corrected chi connectivity index (χ4v) is 2.84. The van der Waals surface area contributed by atoms with E-state index >= 15 is 0 Å². The molecule has 7 nitrogen and oxygen atoms in total. The fraction of sp³-hybridized carbons (Fsp3) is 0.300. The predicted molar refractivity (Wildman–Crippen MR) is 105 cm³/mol. The highest BCUT2D eigenvalue weighted by atomic mass is 16.1. The molecule has 2 N–H and O–H groups in total. The summed E-state index contributed by atoms with van der Waals surface area (Å²) in [5.74, 6) is 1.24. The van der Waals surface area contributed by atoms with Gasteiger partial charge in [0, 0.05) is 19.3 Å². The van der Waals surface area contributed by atoms with Gasteiger partial charge in [-0.15, -0.1) is 10.2 Å². The molecule has 0 fully saturated rings. The van der Waals surface area contributed by atoms with E-state index in [1.165, 1.54) is 0 Å². The molecule has 0 aliphatic rings. The number of benzene rings is 1. The summed E-state index contributed by atoms with van der Waals surface area (Å²) in [5, 5.41) is 18.7. The summed E-state index contributed by atoms with van der Waals surface area (Å²) in [5.41, 5.74) is 1.97. The third kappa shape index (κ3) is 4.91. The molecule has 0 spiro atoms. The van der Waals surface area contributed by atoms with Crippen LogP contribution < -0.4 is 10.6 Å². The second kappa shape index (κ2) is 8.93. The van der Waals surface area contributed by atoms with E-state index in [1.54, 1.807) is 4.68 Å². The normalized spacial score (nSPS) is 11.8. The number of rotatable bonds is 8. The van der Waals surface area contributed by atoms with E-state index in [2.05, 4.69) is 25.9 Å². The minimum Gasteiger partial charge on any atom is -0.367 e. The number of aryl methyl sites for hydroxylation is 1. The highest BCUT2D eigenvalue weighted by Crippen LogP contribution is 2.19. The lowest BCUT2D eigenvalue weighted by atomic mass is 9.96. The largest absolute Gasteiger partial charge is 0.367 e. The maximum atomic E-state index is 12.4. The van der Waals surface area contributed by atoms with Gasteiger partial charge in [0.2, 0.25) is 5.91 Å². The average molecular weight is 364 g/mol.